The number of ketones is 1. The maximum absolute atomic E-state index is 13.0. The van der Waals surface area contributed by atoms with Gasteiger partial charge in [-0.3, -0.25) is 9.59 Å². The van der Waals surface area contributed by atoms with Crippen LogP contribution in [0.4, 0.5) is 0 Å². The maximum atomic E-state index is 13.0. The van der Waals surface area contributed by atoms with Crippen LogP contribution in [0.15, 0.2) is 12.1 Å². The average Bonchev–Trinajstić information content (AvgIpc) is 3.26. The molecule has 3 aliphatic rings. The summed E-state index contributed by atoms with van der Waals surface area (Å²) in [5.74, 6) is 0.724. The normalized spacial score (nSPS) is 27.7. The monoisotopic (exact) mass is 437 g/mol. The molecule has 3 heterocycles. The standard InChI is InChI=1S/C20H25NO8.C2H6/c1-25-12-3-14(9-22)29-20(6-12)28-13-4-16(23)15-7-18-17(26-10-27-18)2-11(15)8-21-19(24)5-13;1-2/h2,7,12-14,20,22H,3-6,8-10H2,1H3,(H,21,24);1-2H3. The number of Topliss-reactive ketones (excluding diaryl/α,β-unsaturated/α-hetero) is 1. The van der Waals surface area contributed by atoms with Crippen LogP contribution in [0.2, 0.25) is 0 Å². The van der Waals surface area contributed by atoms with Crippen molar-refractivity contribution in [3.8, 4) is 11.5 Å². The molecule has 0 bridgehead atoms. The van der Waals surface area contributed by atoms with Crippen LogP contribution in [0.5, 0.6) is 11.5 Å². The van der Waals surface area contributed by atoms with Gasteiger partial charge in [-0.25, -0.2) is 0 Å². The van der Waals surface area contributed by atoms with Gasteiger partial charge in [-0.15, -0.1) is 0 Å². The van der Waals surface area contributed by atoms with E-state index >= 15 is 0 Å². The Labute approximate surface area is 181 Å². The highest BCUT2D eigenvalue weighted by atomic mass is 16.7. The van der Waals surface area contributed by atoms with Crippen LogP contribution in [-0.2, 0) is 25.5 Å². The highest BCUT2D eigenvalue weighted by Gasteiger charge is 2.33. The predicted octanol–water partition coefficient (Wildman–Crippen LogP) is 1.93. The minimum absolute atomic E-state index is 0.0291. The van der Waals surface area contributed by atoms with Crippen molar-refractivity contribution in [1.29, 1.82) is 0 Å². The Hall–Kier alpha value is -2.20. The SMILES string of the molecule is CC.COC1CC(CO)OC(OC2CC(=O)NCc3cc4c(cc3C(=O)C2)OCO4)C1. The third-order valence-corrected chi connectivity index (χ3v) is 5.41. The van der Waals surface area contributed by atoms with E-state index in [-0.39, 0.29) is 50.6 Å². The topological polar surface area (TPSA) is 113 Å². The van der Waals surface area contributed by atoms with E-state index in [2.05, 4.69) is 5.32 Å². The van der Waals surface area contributed by atoms with E-state index in [9.17, 15) is 14.7 Å². The number of aliphatic hydroxyl groups excluding tert-OH is 1. The first-order chi connectivity index (χ1) is 15.1. The fourth-order valence-electron chi connectivity index (χ4n) is 3.89. The Morgan fingerprint density at radius 2 is 1.84 bits per heavy atom. The zero-order valence-corrected chi connectivity index (χ0v) is 18.2. The molecule has 3 aliphatic heterocycles. The molecule has 0 aliphatic carbocycles. The van der Waals surface area contributed by atoms with E-state index in [4.69, 9.17) is 23.7 Å². The van der Waals surface area contributed by atoms with Gasteiger partial charge < -0.3 is 34.1 Å². The molecule has 1 aromatic carbocycles. The van der Waals surface area contributed by atoms with Crippen molar-refractivity contribution < 1.29 is 38.4 Å². The van der Waals surface area contributed by atoms with Crippen molar-refractivity contribution in [2.24, 2.45) is 0 Å². The van der Waals surface area contributed by atoms with Gasteiger partial charge in [-0.05, 0) is 17.7 Å². The molecule has 9 nitrogen and oxygen atoms in total. The van der Waals surface area contributed by atoms with Gasteiger partial charge >= 0.3 is 0 Å². The number of amides is 1. The molecule has 31 heavy (non-hydrogen) atoms. The van der Waals surface area contributed by atoms with Crippen molar-refractivity contribution in [1.82, 2.24) is 5.32 Å². The number of hydrogen-bond donors (Lipinski definition) is 2. The molecular formula is C22H31NO8. The average molecular weight is 437 g/mol. The summed E-state index contributed by atoms with van der Waals surface area (Å²) in [5.41, 5.74) is 1.17. The molecular weight excluding hydrogens is 406 g/mol. The number of carbonyl (C=O) groups is 2. The van der Waals surface area contributed by atoms with Crippen molar-refractivity contribution >= 4 is 11.7 Å². The second-order valence-electron chi connectivity index (χ2n) is 7.43. The van der Waals surface area contributed by atoms with Crippen LogP contribution in [0.3, 0.4) is 0 Å². The molecule has 1 fully saturated rings. The summed E-state index contributed by atoms with van der Waals surface area (Å²) in [6.45, 7) is 4.18. The van der Waals surface area contributed by atoms with Crippen molar-refractivity contribution in [3.63, 3.8) is 0 Å². The van der Waals surface area contributed by atoms with Crippen LogP contribution in [0.25, 0.3) is 0 Å². The van der Waals surface area contributed by atoms with E-state index in [1.807, 2.05) is 13.8 Å². The molecule has 4 rings (SSSR count). The summed E-state index contributed by atoms with van der Waals surface area (Å²) in [6, 6.07) is 3.39. The lowest BCUT2D eigenvalue weighted by Crippen LogP contribution is -2.42. The Morgan fingerprint density at radius 1 is 1.10 bits per heavy atom. The number of nitrogens with one attached hydrogen (secondary N) is 1. The third-order valence-electron chi connectivity index (χ3n) is 5.41. The summed E-state index contributed by atoms with van der Waals surface area (Å²) >= 11 is 0. The lowest BCUT2D eigenvalue weighted by Gasteiger charge is -2.35. The molecule has 0 saturated carbocycles. The first kappa shape index (κ1) is 23.5. The number of benzene rings is 1. The van der Waals surface area contributed by atoms with Gasteiger partial charge in [0.1, 0.15) is 0 Å². The number of fused-ring (bicyclic) bond motifs is 2. The zero-order chi connectivity index (χ0) is 22.4. The molecule has 4 atom stereocenters. The molecule has 4 unspecified atom stereocenters. The van der Waals surface area contributed by atoms with Gasteiger partial charge in [0.25, 0.3) is 0 Å². The Bertz CT molecular complexity index is 771. The van der Waals surface area contributed by atoms with E-state index in [1.165, 1.54) is 0 Å². The summed E-state index contributed by atoms with van der Waals surface area (Å²) < 4.78 is 27.9. The zero-order valence-electron chi connectivity index (χ0n) is 18.2. The molecule has 9 heteroatoms. The van der Waals surface area contributed by atoms with Gasteiger partial charge in [0.2, 0.25) is 12.7 Å². The third kappa shape index (κ3) is 5.74. The number of aliphatic hydroxyl groups is 1. The van der Waals surface area contributed by atoms with E-state index in [0.29, 0.717) is 35.5 Å². The van der Waals surface area contributed by atoms with E-state index in [0.717, 1.165) is 0 Å². The minimum Gasteiger partial charge on any atom is -0.454 e. The largest absolute Gasteiger partial charge is 0.454 e. The lowest BCUT2D eigenvalue weighted by atomic mass is 9.98. The van der Waals surface area contributed by atoms with Gasteiger partial charge in [-0.1, -0.05) is 13.8 Å². The molecule has 1 saturated heterocycles. The van der Waals surface area contributed by atoms with Gasteiger partial charge in [0.15, 0.2) is 23.6 Å². The fourth-order valence-corrected chi connectivity index (χ4v) is 3.89. The molecule has 1 amide bonds. The number of carbonyl (C=O) groups excluding carboxylic acids is 2. The van der Waals surface area contributed by atoms with Crippen LogP contribution in [0.1, 0.15) is 55.5 Å². The number of rotatable bonds is 4. The van der Waals surface area contributed by atoms with Crippen LogP contribution >= 0.6 is 0 Å². The van der Waals surface area contributed by atoms with Crippen molar-refractivity contribution in [3.05, 3.63) is 23.3 Å². The Morgan fingerprint density at radius 3 is 2.55 bits per heavy atom. The maximum Gasteiger partial charge on any atom is 0.231 e. The lowest BCUT2D eigenvalue weighted by molar-refractivity contribution is -0.240. The molecule has 0 aromatic heterocycles. The molecule has 0 radical (unpaired) electrons. The second-order valence-corrected chi connectivity index (χ2v) is 7.43. The van der Waals surface area contributed by atoms with Gasteiger partial charge in [-0.2, -0.15) is 0 Å². The molecule has 2 N–H and O–H groups in total. The minimum atomic E-state index is -0.659. The Kier molecular flexibility index (Phi) is 8.25. The first-order valence-electron chi connectivity index (χ1n) is 10.7. The highest BCUT2D eigenvalue weighted by molar-refractivity contribution is 5.99. The fraction of sp³-hybridized carbons (Fsp3) is 0.636. The summed E-state index contributed by atoms with van der Waals surface area (Å²) in [4.78, 5) is 25.4. The molecule has 1 aromatic rings. The predicted molar refractivity (Wildman–Crippen MR) is 110 cm³/mol. The van der Waals surface area contributed by atoms with Gasteiger partial charge in [0.05, 0.1) is 31.3 Å². The van der Waals surface area contributed by atoms with Crippen LogP contribution < -0.4 is 14.8 Å². The Balaban J connectivity index is 0.00000132. The van der Waals surface area contributed by atoms with Crippen molar-refractivity contribution in [2.75, 3.05) is 20.5 Å². The molecule has 172 valence electrons. The van der Waals surface area contributed by atoms with Crippen LogP contribution in [-0.4, -0.2) is 61.9 Å². The second kappa shape index (κ2) is 10.9. The first-order valence-corrected chi connectivity index (χ1v) is 10.7. The summed E-state index contributed by atoms with van der Waals surface area (Å²) in [7, 11) is 1.60. The quantitative estimate of drug-likeness (QED) is 0.735. The van der Waals surface area contributed by atoms with Crippen LogP contribution in [0, 0.1) is 0 Å². The van der Waals surface area contributed by atoms with Crippen molar-refractivity contribution in [2.45, 2.75) is 70.7 Å². The number of methoxy groups -OCH3 is 1. The number of hydrogen-bond acceptors (Lipinski definition) is 8. The highest BCUT2D eigenvalue weighted by Crippen LogP contribution is 2.36. The molecule has 0 spiro atoms. The van der Waals surface area contributed by atoms with E-state index < -0.39 is 18.5 Å². The smallest absolute Gasteiger partial charge is 0.231 e. The summed E-state index contributed by atoms with van der Waals surface area (Å²) in [5, 5.41) is 12.3. The van der Waals surface area contributed by atoms with Gasteiger partial charge in [0, 0.05) is 38.5 Å². The van der Waals surface area contributed by atoms with E-state index in [1.54, 1.807) is 19.2 Å². The number of ether oxygens (including phenoxy) is 5. The summed E-state index contributed by atoms with van der Waals surface area (Å²) in [6.07, 6.45) is -0.735.